The maximum absolute atomic E-state index is 5.27. The van der Waals surface area contributed by atoms with Crippen LogP contribution in [-0.2, 0) is 18.9 Å². The van der Waals surface area contributed by atoms with Crippen LogP contribution in [0.2, 0.25) is 0 Å². The van der Waals surface area contributed by atoms with Crippen LogP contribution in [0.15, 0.2) is 0 Å². The summed E-state index contributed by atoms with van der Waals surface area (Å²) in [5.41, 5.74) is 0. The quantitative estimate of drug-likeness (QED) is 0.600. The van der Waals surface area contributed by atoms with E-state index in [2.05, 4.69) is 0 Å². The van der Waals surface area contributed by atoms with E-state index in [4.69, 9.17) is 18.9 Å². The minimum absolute atomic E-state index is 0.418. The van der Waals surface area contributed by atoms with E-state index in [1.807, 2.05) is 0 Å². The Morgan fingerprint density at radius 1 is 0.429 bits per heavy atom. The van der Waals surface area contributed by atoms with Crippen molar-refractivity contribution in [2.24, 2.45) is 0 Å². The van der Waals surface area contributed by atoms with E-state index in [1.165, 1.54) is 0 Å². The van der Waals surface area contributed by atoms with Gasteiger partial charge >= 0.3 is 0 Å². The van der Waals surface area contributed by atoms with E-state index in [9.17, 15) is 0 Å². The van der Waals surface area contributed by atoms with Gasteiger partial charge in [0.1, 0.15) is 13.6 Å². The van der Waals surface area contributed by atoms with Gasteiger partial charge < -0.3 is 18.9 Å². The molecule has 0 amide bonds. The molecule has 0 saturated carbocycles. The highest BCUT2D eigenvalue weighted by atomic mass is 16.7. The highest BCUT2D eigenvalue weighted by Crippen LogP contribution is 1.96. The third-order valence-electron chi connectivity index (χ3n) is 1.99. The SMILES string of the molecule is C1CCOCOCCCCOCOC1. The molecule has 84 valence electrons. The maximum Gasteiger partial charge on any atom is 0.146 e. The first-order chi connectivity index (χ1) is 7.00. The van der Waals surface area contributed by atoms with Crippen LogP contribution in [0, 0.1) is 0 Å². The first kappa shape index (κ1) is 11.9. The van der Waals surface area contributed by atoms with Crippen LogP contribution in [-0.4, -0.2) is 40.0 Å². The van der Waals surface area contributed by atoms with Crippen LogP contribution < -0.4 is 0 Å². The number of rotatable bonds is 0. The van der Waals surface area contributed by atoms with Crippen LogP contribution >= 0.6 is 0 Å². The van der Waals surface area contributed by atoms with E-state index in [-0.39, 0.29) is 0 Å². The molecule has 1 fully saturated rings. The number of hydrogen-bond donors (Lipinski definition) is 0. The highest BCUT2D eigenvalue weighted by Gasteiger charge is 1.95. The predicted molar refractivity (Wildman–Crippen MR) is 52.0 cm³/mol. The molecule has 4 heteroatoms. The Morgan fingerprint density at radius 3 is 1.00 bits per heavy atom. The Kier molecular flexibility index (Phi) is 8.00. The van der Waals surface area contributed by atoms with Crippen molar-refractivity contribution in [2.75, 3.05) is 40.0 Å². The van der Waals surface area contributed by atoms with Crippen LogP contribution in [0.5, 0.6) is 0 Å². The van der Waals surface area contributed by atoms with Gasteiger partial charge in [-0.15, -0.1) is 0 Å². The van der Waals surface area contributed by atoms with E-state index in [1.54, 1.807) is 0 Å². The average Bonchev–Trinajstić information content (AvgIpc) is 2.22. The molecule has 4 nitrogen and oxygen atoms in total. The van der Waals surface area contributed by atoms with Gasteiger partial charge in [0.25, 0.3) is 0 Å². The average molecular weight is 204 g/mol. The van der Waals surface area contributed by atoms with Gasteiger partial charge in [-0.05, 0) is 25.7 Å². The standard InChI is InChI=1S/C10H20O4/c1-2-6-12-10-14-8-4-3-7-13-9-11-5-1/h1-10H2. The van der Waals surface area contributed by atoms with Crippen molar-refractivity contribution in [3.8, 4) is 0 Å². The van der Waals surface area contributed by atoms with Gasteiger partial charge in [0, 0.05) is 26.4 Å². The molecule has 0 aromatic heterocycles. The fraction of sp³-hybridized carbons (Fsp3) is 1.00. The molecule has 1 heterocycles. The molecule has 0 bridgehead atoms. The smallest absolute Gasteiger partial charge is 0.146 e. The fourth-order valence-electron chi connectivity index (χ4n) is 1.17. The second-order valence-electron chi connectivity index (χ2n) is 3.28. The Balaban J connectivity index is 2.00. The molecule has 0 N–H and O–H groups in total. The molecule has 0 spiro atoms. The third-order valence-corrected chi connectivity index (χ3v) is 1.99. The number of ether oxygens (including phenoxy) is 4. The highest BCUT2D eigenvalue weighted by molar-refractivity contribution is 4.39. The van der Waals surface area contributed by atoms with Crippen molar-refractivity contribution in [2.45, 2.75) is 25.7 Å². The van der Waals surface area contributed by atoms with Gasteiger partial charge in [-0.2, -0.15) is 0 Å². The molecule has 1 aliphatic rings. The Labute approximate surface area is 85.5 Å². The molecule has 0 aromatic carbocycles. The summed E-state index contributed by atoms with van der Waals surface area (Å²) in [4.78, 5) is 0. The first-order valence-electron chi connectivity index (χ1n) is 5.31. The summed E-state index contributed by atoms with van der Waals surface area (Å²) in [7, 11) is 0. The van der Waals surface area contributed by atoms with Gasteiger partial charge in [0.2, 0.25) is 0 Å². The maximum atomic E-state index is 5.27. The Hall–Kier alpha value is -0.160. The molecule has 0 radical (unpaired) electrons. The molecule has 0 unspecified atom stereocenters. The summed E-state index contributed by atoms with van der Waals surface area (Å²) in [6.07, 6.45) is 4.07. The minimum Gasteiger partial charge on any atom is -0.355 e. The van der Waals surface area contributed by atoms with Gasteiger partial charge in [0.15, 0.2) is 0 Å². The zero-order chi connectivity index (χ0) is 9.90. The summed E-state index contributed by atoms with van der Waals surface area (Å²) >= 11 is 0. The Morgan fingerprint density at radius 2 is 0.714 bits per heavy atom. The largest absolute Gasteiger partial charge is 0.355 e. The van der Waals surface area contributed by atoms with Gasteiger partial charge in [-0.3, -0.25) is 0 Å². The molecule has 1 rings (SSSR count). The summed E-state index contributed by atoms with van der Waals surface area (Å²) in [5, 5.41) is 0. The van der Waals surface area contributed by atoms with Gasteiger partial charge in [0.05, 0.1) is 0 Å². The second kappa shape index (κ2) is 9.40. The third kappa shape index (κ3) is 7.26. The second-order valence-corrected chi connectivity index (χ2v) is 3.28. The molecule has 0 aromatic rings. The zero-order valence-corrected chi connectivity index (χ0v) is 8.70. The van der Waals surface area contributed by atoms with Crippen molar-refractivity contribution >= 4 is 0 Å². The lowest BCUT2D eigenvalue weighted by Crippen LogP contribution is -2.08. The van der Waals surface area contributed by atoms with Gasteiger partial charge in [-0.1, -0.05) is 0 Å². The van der Waals surface area contributed by atoms with Crippen molar-refractivity contribution in [1.29, 1.82) is 0 Å². The summed E-state index contributed by atoms with van der Waals surface area (Å²) < 4.78 is 21.1. The van der Waals surface area contributed by atoms with E-state index in [0.717, 1.165) is 52.1 Å². The van der Waals surface area contributed by atoms with Crippen LogP contribution in [0.25, 0.3) is 0 Å². The van der Waals surface area contributed by atoms with E-state index in [0.29, 0.717) is 13.6 Å². The number of hydrogen-bond acceptors (Lipinski definition) is 4. The lowest BCUT2D eigenvalue weighted by Gasteiger charge is -2.09. The normalized spacial score (nSPS) is 24.0. The van der Waals surface area contributed by atoms with Crippen LogP contribution in [0.4, 0.5) is 0 Å². The molecule has 14 heavy (non-hydrogen) atoms. The molecular formula is C10H20O4. The summed E-state index contributed by atoms with van der Waals surface area (Å²) in [6, 6.07) is 0. The molecule has 0 aliphatic carbocycles. The van der Waals surface area contributed by atoms with Gasteiger partial charge in [-0.25, -0.2) is 0 Å². The van der Waals surface area contributed by atoms with Crippen molar-refractivity contribution in [3.05, 3.63) is 0 Å². The van der Waals surface area contributed by atoms with Crippen LogP contribution in [0.1, 0.15) is 25.7 Å². The van der Waals surface area contributed by atoms with Crippen LogP contribution in [0.3, 0.4) is 0 Å². The topological polar surface area (TPSA) is 36.9 Å². The van der Waals surface area contributed by atoms with E-state index < -0.39 is 0 Å². The van der Waals surface area contributed by atoms with Crippen molar-refractivity contribution in [3.63, 3.8) is 0 Å². The zero-order valence-electron chi connectivity index (χ0n) is 8.70. The molecular weight excluding hydrogens is 184 g/mol. The summed E-state index contributed by atoms with van der Waals surface area (Å²) in [6.45, 7) is 3.85. The first-order valence-corrected chi connectivity index (χ1v) is 5.31. The minimum atomic E-state index is 0.418. The van der Waals surface area contributed by atoms with Crippen molar-refractivity contribution in [1.82, 2.24) is 0 Å². The lowest BCUT2D eigenvalue weighted by atomic mass is 10.3. The monoisotopic (exact) mass is 204 g/mol. The summed E-state index contributed by atoms with van der Waals surface area (Å²) in [5.74, 6) is 0. The molecule has 1 saturated heterocycles. The Bertz CT molecular complexity index is 65.4. The fourth-order valence-corrected chi connectivity index (χ4v) is 1.17. The molecule has 0 atom stereocenters. The van der Waals surface area contributed by atoms with Crippen molar-refractivity contribution < 1.29 is 18.9 Å². The lowest BCUT2D eigenvalue weighted by molar-refractivity contribution is -0.0762. The molecule has 1 aliphatic heterocycles. The van der Waals surface area contributed by atoms with E-state index >= 15 is 0 Å². The predicted octanol–water partition coefficient (Wildman–Crippen LogP) is 1.54.